The van der Waals surface area contributed by atoms with E-state index in [1.807, 2.05) is 13.8 Å². The predicted octanol–water partition coefficient (Wildman–Crippen LogP) is 5.18. The van der Waals surface area contributed by atoms with Crippen molar-refractivity contribution in [3.8, 4) is 11.5 Å². The molecule has 0 bridgehead atoms. The number of ether oxygens (including phenoxy) is 4. The van der Waals surface area contributed by atoms with Crippen molar-refractivity contribution in [2.24, 2.45) is 0 Å². The minimum Gasteiger partial charge on any atom is -0.479 e. The van der Waals surface area contributed by atoms with Gasteiger partial charge >= 0.3 is 11.9 Å². The van der Waals surface area contributed by atoms with Crippen molar-refractivity contribution >= 4 is 35.1 Å². The molecule has 2 aromatic carbocycles. The summed E-state index contributed by atoms with van der Waals surface area (Å²) in [6.45, 7) is 7.01. The largest absolute Gasteiger partial charge is 0.479 e. The fourth-order valence-electron chi connectivity index (χ4n) is 2.30. The zero-order valence-electron chi connectivity index (χ0n) is 17.8. The van der Waals surface area contributed by atoms with Gasteiger partial charge in [0.2, 0.25) is 0 Å². The van der Waals surface area contributed by atoms with E-state index in [0.29, 0.717) is 21.5 Å². The van der Waals surface area contributed by atoms with Crippen molar-refractivity contribution in [2.45, 2.75) is 39.9 Å². The lowest BCUT2D eigenvalue weighted by Crippen LogP contribution is -2.25. The zero-order chi connectivity index (χ0) is 22.8. The van der Waals surface area contributed by atoms with Crippen molar-refractivity contribution in [1.82, 2.24) is 0 Å². The van der Waals surface area contributed by atoms with Crippen LogP contribution in [0.5, 0.6) is 11.5 Å². The molecule has 6 nitrogen and oxygen atoms in total. The van der Waals surface area contributed by atoms with Crippen molar-refractivity contribution in [1.29, 1.82) is 0 Å². The number of hydrogen-bond acceptors (Lipinski definition) is 6. The third kappa shape index (κ3) is 8.13. The molecule has 2 rings (SSSR count). The first kappa shape index (κ1) is 25.6. The number of aryl methyl sites for hydroxylation is 2. The first-order chi connectivity index (χ1) is 14.1. The highest BCUT2D eigenvalue weighted by atomic mass is 35.5. The van der Waals surface area contributed by atoms with Gasteiger partial charge in [-0.25, -0.2) is 9.59 Å². The molecule has 0 saturated heterocycles. The number of methoxy groups -OCH3 is 2. The number of hydrogen-bond donors (Lipinski definition) is 0. The van der Waals surface area contributed by atoms with Crippen LogP contribution in [-0.4, -0.2) is 38.4 Å². The second-order valence-electron chi connectivity index (χ2n) is 6.39. The molecule has 164 valence electrons. The lowest BCUT2D eigenvalue weighted by molar-refractivity contribution is -0.148. The lowest BCUT2D eigenvalue weighted by Gasteiger charge is -2.14. The van der Waals surface area contributed by atoms with Gasteiger partial charge < -0.3 is 18.9 Å². The van der Waals surface area contributed by atoms with Gasteiger partial charge in [0.15, 0.2) is 12.2 Å². The number of rotatable bonds is 6. The maximum Gasteiger partial charge on any atom is 0.346 e. The van der Waals surface area contributed by atoms with Gasteiger partial charge in [-0.15, -0.1) is 0 Å². The number of carbonyl (C=O) groups excluding carboxylic acids is 2. The maximum absolute atomic E-state index is 11.1. The zero-order valence-corrected chi connectivity index (χ0v) is 19.3. The highest BCUT2D eigenvalue weighted by Crippen LogP contribution is 2.23. The topological polar surface area (TPSA) is 71.1 Å². The molecule has 0 radical (unpaired) electrons. The maximum atomic E-state index is 11.1. The average molecular weight is 457 g/mol. The predicted molar refractivity (Wildman–Crippen MR) is 117 cm³/mol. The molecular formula is C22H26Cl2O6. The van der Waals surface area contributed by atoms with Gasteiger partial charge in [-0.2, -0.15) is 0 Å². The highest BCUT2D eigenvalue weighted by molar-refractivity contribution is 6.31. The van der Waals surface area contributed by atoms with Crippen molar-refractivity contribution in [3.05, 3.63) is 57.6 Å². The molecule has 30 heavy (non-hydrogen) atoms. The van der Waals surface area contributed by atoms with Crippen LogP contribution in [0.3, 0.4) is 0 Å². The molecule has 0 aliphatic carbocycles. The van der Waals surface area contributed by atoms with Crippen LogP contribution in [0.2, 0.25) is 10.0 Å². The number of esters is 2. The quantitative estimate of drug-likeness (QED) is 0.557. The van der Waals surface area contributed by atoms with Crippen LogP contribution in [0, 0.1) is 13.8 Å². The van der Waals surface area contributed by atoms with Crippen LogP contribution in [-0.2, 0) is 19.1 Å². The Morgan fingerprint density at radius 1 is 0.733 bits per heavy atom. The monoisotopic (exact) mass is 456 g/mol. The van der Waals surface area contributed by atoms with Gasteiger partial charge in [0, 0.05) is 10.0 Å². The smallest absolute Gasteiger partial charge is 0.346 e. The Labute approximate surface area is 187 Å². The molecular weight excluding hydrogens is 431 g/mol. The van der Waals surface area contributed by atoms with Crippen LogP contribution >= 0.6 is 23.2 Å². The molecule has 0 spiro atoms. The summed E-state index contributed by atoms with van der Waals surface area (Å²) in [6, 6.07) is 10.5. The van der Waals surface area contributed by atoms with Crippen molar-refractivity contribution < 1.29 is 28.5 Å². The van der Waals surface area contributed by atoms with E-state index >= 15 is 0 Å². The second kappa shape index (κ2) is 12.3. The molecule has 0 fully saturated rings. The summed E-state index contributed by atoms with van der Waals surface area (Å²) in [6.07, 6.45) is -1.23. The van der Waals surface area contributed by atoms with E-state index < -0.39 is 24.1 Å². The van der Waals surface area contributed by atoms with E-state index in [4.69, 9.17) is 32.7 Å². The molecule has 0 saturated carbocycles. The molecule has 2 unspecified atom stereocenters. The molecule has 2 atom stereocenters. The fourth-order valence-corrected chi connectivity index (χ4v) is 2.75. The Kier molecular flexibility index (Phi) is 10.5. The van der Waals surface area contributed by atoms with Gasteiger partial charge in [-0.1, -0.05) is 23.2 Å². The van der Waals surface area contributed by atoms with Crippen molar-refractivity contribution in [3.63, 3.8) is 0 Å². The van der Waals surface area contributed by atoms with E-state index in [0.717, 1.165) is 11.1 Å². The minimum atomic E-state index is -0.616. The van der Waals surface area contributed by atoms with E-state index in [1.54, 1.807) is 50.2 Å². The van der Waals surface area contributed by atoms with Crippen LogP contribution in [0.15, 0.2) is 36.4 Å². The first-order valence-corrected chi connectivity index (χ1v) is 9.85. The Morgan fingerprint density at radius 2 is 1.07 bits per heavy atom. The second-order valence-corrected chi connectivity index (χ2v) is 7.26. The lowest BCUT2D eigenvalue weighted by atomic mass is 10.2. The van der Waals surface area contributed by atoms with Crippen LogP contribution in [0.25, 0.3) is 0 Å². The van der Waals surface area contributed by atoms with Crippen LogP contribution < -0.4 is 9.47 Å². The fraction of sp³-hybridized carbons (Fsp3) is 0.364. The summed E-state index contributed by atoms with van der Waals surface area (Å²) in [5.74, 6) is 0.475. The Balaban J connectivity index is 0.000000300. The average Bonchev–Trinajstić information content (AvgIpc) is 2.71. The molecule has 0 aromatic heterocycles. The van der Waals surface area contributed by atoms with E-state index in [2.05, 4.69) is 9.47 Å². The van der Waals surface area contributed by atoms with E-state index in [9.17, 15) is 9.59 Å². The SMILES string of the molecule is COC(=O)C(C)Oc1ccc(Cl)cc1C.COC(=O)C(C)Oc1ccc(Cl)cc1C. The number of halogens is 2. The molecule has 0 aliphatic heterocycles. The minimum absolute atomic E-state index is 0.399. The Morgan fingerprint density at radius 3 is 1.33 bits per heavy atom. The Bertz CT molecular complexity index is 797. The molecule has 2 aromatic rings. The van der Waals surface area contributed by atoms with Gasteiger partial charge in [0.05, 0.1) is 14.2 Å². The van der Waals surface area contributed by atoms with Crippen LogP contribution in [0.4, 0.5) is 0 Å². The third-order valence-corrected chi connectivity index (χ3v) is 4.42. The Hall–Kier alpha value is -2.44. The van der Waals surface area contributed by atoms with Gasteiger partial charge in [0.25, 0.3) is 0 Å². The summed E-state index contributed by atoms with van der Waals surface area (Å²) < 4.78 is 20.0. The van der Waals surface area contributed by atoms with Crippen molar-refractivity contribution in [2.75, 3.05) is 14.2 Å². The van der Waals surface area contributed by atoms with Gasteiger partial charge in [-0.05, 0) is 75.2 Å². The number of benzene rings is 2. The standard InChI is InChI=1S/2C11H13ClO3/c2*1-7-6-9(12)4-5-10(7)15-8(2)11(13)14-3/h2*4-6,8H,1-3H3. The summed E-state index contributed by atoms with van der Waals surface area (Å²) in [7, 11) is 2.66. The third-order valence-electron chi connectivity index (χ3n) is 3.95. The first-order valence-electron chi connectivity index (χ1n) is 9.10. The molecule has 0 aliphatic rings. The van der Waals surface area contributed by atoms with Gasteiger partial charge in [0.1, 0.15) is 11.5 Å². The molecule has 0 heterocycles. The number of carbonyl (C=O) groups is 2. The summed E-state index contributed by atoms with van der Waals surface area (Å²) in [5, 5.41) is 1.29. The molecule has 0 N–H and O–H groups in total. The molecule has 8 heteroatoms. The van der Waals surface area contributed by atoms with Gasteiger partial charge in [-0.3, -0.25) is 0 Å². The summed E-state index contributed by atoms with van der Waals surface area (Å²) in [4.78, 5) is 22.2. The molecule has 0 amide bonds. The van der Waals surface area contributed by atoms with E-state index in [1.165, 1.54) is 14.2 Å². The van der Waals surface area contributed by atoms with Crippen LogP contribution in [0.1, 0.15) is 25.0 Å². The normalized spacial score (nSPS) is 12.0. The summed E-state index contributed by atoms with van der Waals surface area (Å²) >= 11 is 11.6. The summed E-state index contributed by atoms with van der Waals surface area (Å²) in [5.41, 5.74) is 1.77. The van der Waals surface area contributed by atoms with E-state index in [-0.39, 0.29) is 0 Å². The highest BCUT2D eigenvalue weighted by Gasteiger charge is 2.16.